The summed E-state index contributed by atoms with van der Waals surface area (Å²) >= 11 is 0. The van der Waals surface area contributed by atoms with Crippen molar-refractivity contribution in [3.63, 3.8) is 0 Å². The van der Waals surface area contributed by atoms with E-state index in [2.05, 4.69) is 0 Å². The van der Waals surface area contributed by atoms with Crippen LogP contribution in [0, 0.1) is 5.92 Å². The van der Waals surface area contributed by atoms with Crippen LogP contribution in [0.2, 0.25) is 0 Å². The Hall–Kier alpha value is -2.81. The molecule has 100 valence electrons. The van der Waals surface area contributed by atoms with Gasteiger partial charge in [-0.1, -0.05) is 48.6 Å². The Bertz CT molecular complexity index is 847. The van der Waals surface area contributed by atoms with Gasteiger partial charge in [-0.05, 0) is 11.6 Å². The summed E-state index contributed by atoms with van der Waals surface area (Å²) in [5.41, 5.74) is 2.24. The highest BCUT2D eigenvalue weighted by Gasteiger charge is 2.40. The number of ketones is 3. The molecule has 0 aliphatic heterocycles. The molecule has 0 fully saturated rings. The molecule has 0 bridgehead atoms. The Morgan fingerprint density at radius 1 is 0.810 bits per heavy atom. The van der Waals surface area contributed by atoms with E-state index in [1.807, 2.05) is 6.08 Å². The third kappa shape index (κ3) is 1.51. The number of hydrogen-bond donors (Lipinski definition) is 0. The summed E-state index contributed by atoms with van der Waals surface area (Å²) in [5, 5.41) is 0. The highest BCUT2D eigenvalue weighted by molar-refractivity contribution is 6.30. The normalized spacial score (nSPS) is 22.8. The first-order valence-electron chi connectivity index (χ1n) is 6.71. The lowest BCUT2D eigenvalue weighted by Gasteiger charge is -2.29. The van der Waals surface area contributed by atoms with Crippen LogP contribution in [0.5, 0.6) is 0 Å². The van der Waals surface area contributed by atoms with E-state index in [4.69, 9.17) is 0 Å². The van der Waals surface area contributed by atoms with Gasteiger partial charge in [-0.15, -0.1) is 0 Å². The molecule has 0 radical (unpaired) electrons. The minimum atomic E-state index is -0.639. The van der Waals surface area contributed by atoms with E-state index in [9.17, 15) is 14.4 Å². The number of carbonyl (C=O) groups excluding carboxylic acids is 3. The molecule has 3 aliphatic carbocycles. The second-order valence-corrected chi connectivity index (χ2v) is 5.23. The maximum absolute atomic E-state index is 12.7. The number of benzene rings is 1. The van der Waals surface area contributed by atoms with Gasteiger partial charge in [-0.2, -0.15) is 0 Å². The van der Waals surface area contributed by atoms with Crippen molar-refractivity contribution in [2.45, 2.75) is 0 Å². The van der Waals surface area contributed by atoms with Gasteiger partial charge in [-0.25, -0.2) is 0 Å². The SMILES string of the molecule is O=C1C2=C(C(=O)c3ccccc31)C1C(=O)C=CC=C1C=C2. The summed E-state index contributed by atoms with van der Waals surface area (Å²) < 4.78 is 0. The van der Waals surface area contributed by atoms with E-state index in [-0.39, 0.29) is 17.3 Å². The van der Waals surface area contributed by atoms with Crippen LogP contribution in [0.4, 0.5) is 0 Å². The summed E-state index contributed by atoms with van der Waals surface area (Å²) in [4.78, 5) is 37.5. The van der Waals surface area contributed by atoms with Crippen molar-refractivity contribution in [1.29, 1.82) is 0 Å². The number of rotatable bonds is 0. The third-order valence-electron chi connectivity index (χ3n) is 4.09. The van der Waals surface area contributed by atoms with Crippen molar-refractivity contribution in [2.75, 3.05) is 0 Å². The lowest BCUT2D eigenvalue weighted by molar-refractivity contribution is -0.116. The predicted octanol–water partition coefficient (Wildman–Crippen LogP) is 2.61. The van der Waals surface area contributed by atoms with E-state index in [0.29, 0.717) is 22.3 Å². The molecule has 1 aromatic rings. The third-order valence-corrected chi connectivity index (χ3v) is 4.09. The fourth-order valence-corrected chi connectivity index (χ4v) is 3.12. The van der Waals surface area contributed by atoms with Gasteiger partial charge in [0.1, 0.15) is 0 Å². The van der Waals surface area contributed by atoms with Crippen molar-refractivity contribution >= 4 is 17.3 Å². The van der Waals surface area contributed by atoms with Crippen LogP contribution >= 0.6 is 0 Å². The number of fused-ring (bicyclic) bond motifs is 3. The minimum Gasteiger partial charge on any atom is -0.294 e. The number of hydrogen-bond acceptors (Lipinski definition) is 3. The Morgan fingerprint density at radius 3 is 2.29 bits per heavy atom. The molecule has 3 nitrogen and oxygen atoms in total. The Morgan fingerprint density at radius 2 is 1.52 bits per heavy atom. The van der Waals surface area contributed by atoms with Gasteiger partial charge in [0, 0.05) is 22.3 Å². The lowest BCUT2D eigenvalue weighted by Crippen LogP contribution is -2.32. The first kappa shape index (κ1) is 12.0. The first-order valence-corrected chi connectivity index (χ1v) is 6.71. The Kier molecular flexibility index (Phi) is 2.33. The first-order chi connectivity index (χ1) is 10.2. The summed E-state index contributed by atoms with van der Waals surface area (Å²) in [6.07, 6.45) is 8.35. The smallest absolute Gasteiger partial charge is 0.194 e. The van der Waals surface area contributed by atoms with Crippen molar-refractivity contribution in [3.8, 4) is 0 Å². The molecular weight excluding hydrogens is 264 g/mol. The fraction of sp³-hybridized carbons (Fsp3) is 0.0556. The van der Waals surface area contributed by atoms with Crippen LogP contribution in [-0.4, -0.2) is 17.3 Å². The van der Waals surface area contributed by atoms with Gasteiger partial charge < -0.3 is 0 Å². The summed E-state index contributed by atoms with van der Waals surface area (Å²) in [7, 11) is 0. The zero-order valence-corrected chi connectivity index (χ0v) is 11.0. The van der Waals surface area contributed by atoms with Gasteiger partial charge in [-0.3, -0.25) is 14.4 Å². The summed E-state index contributed by atoms with van der Waals surface area (Å²) in [5.74, 6) is -1.19. The fourth-order valence-electron chi connectivity index (χ4n) is 3.12. The lowest BCUT2D eigenvalue weighted by atomic mass is 9.71. The molecule has 0 amide bonds. The van der Waals surface area contributed by atoms with Gasteiger partial charge in [0.15, 0.2) is 17.3 Å². The van der Waals surface area contributed by atoms with Crippen LogP contribution in [-0.2, 0) is 4.79 Å². The van der Waals surface area contributed by atoms with Crippen LogP contribution < -0.4 is 0 Å². The van der Waals surface area contributed by atoms with Gasteiger partial charge >= 0.3 is 0 Å². The van der Waals surface area contributed by atoms with Crippen LogP contribution in [0.1, 0.15) is 20.7 Å². The van der Waals surface area contributed by atoms with Crippen LogP contribution in [0.25, 0.3) is 0 Å². The van der Waals surface area contributed by atoms with E-state index in [0.717, 1.165) is 5.57 Å². The summed E-state index contributed by atoms with van der Waals surface area (Å²) in [6.45, 7) is 0. The second-order valence-electron chi connectivity index (χ2n) is 5.23. The quantitative estimate of drug-likeness (QED) is 0.730. The standard InChI is InChI=1S/C18H10O3/c19-14-7-3-4-10-8-9-13-16(15(10)14)18(21)12-6-2-1-5-11(12)17(13)20/h1-9,15H. The van der Waals surface area contributed by atoms with Crippen molar-refractivity contribution < 1.29 is 14.4 Å². The average Bonchev–Trinajstić information content (AvgIpc) is 2.52. The highest BCUT2D eigenvalue weighted by Crippen LogP contribution is 2.39. The molecular formula is C18H10O3. The molecule has 1 atom stereocenters. The monoisotopic (exact) mass is 274 g/mol. The highest BCUT2D eigenvalue weighted by atomic mass is 16.1. The zero-order chi connectivity index (χ0) is 14.6. The van der Waals surface area contributed by atoms with Gasteiger partial charge in [0.05, 0.1) is 5.92 Å². The number of Topliss-reactive ketones (excluding diaryl/α,β-unsaturated/α-hetero) is 2. The molecule has 1 unspecified atom stereocenters. The maximum atomic E-state index is 12.7. The van der Waals surface area contributed by atoms with Crippen LogP contribution in [0.3, 0.4) is 0 Å². The van der Waals surface area contributed by atoms with Crippen molar-refractivity contribution in [2.24, 2.45) is 5.92 Å². The maximum Gasteiger partial charge on any atom is 0.194 e. The Balaban J connectivity index is 1.98. The van der Waals surface area contributed by atoms with Gasteiger partial charge in [0.25, 0.3) is 0 Å². The minimum absolute atomic E-state index is 0.148. The van der Waals surface area contributed by atoms with Crippen molar-refractivity contribution in [3.05, 3.63) is 82.5 Å². The molecule has 21 heavy (non-hydrogen) atoms. The summed E-state index contributed by atoms with van der Waals surface area (Å²) in [6, 6.07) is 6.76. The average molecular weight is 274 g/mol. The van der Waals surface area contributed by atoms with E-state index >= 15 is 0 Å². The molecule has 0 N–H and O–H groups in total. The van der Waals surface area contributed by atoms with Gasteiger partial charge in [0.2, 0.25) is 0 Å². The molecule has 0 saturated carbocycles. The second kappa shape index (κ2) is 4.09. The molecule has 4 rings (SSSR count). The molecule has 0 heterocycles. The van der Waals surface area contributed by atoms with Crippen LogP contribution in [0.15, 0.2) is 71.4 Å². The van der Waals surface area contributed by atoms with E-state index in [1.165, 1.54) is 6.08 Å². The van der Waals surface area contributed by atoms with Crippen molar-refractivity contribution in [1.82, 2.24) is 0 Å². The van der Waals surface area contributed by atoms with E-state index < -0.39 is 5.92 Å². The Labute approximate surface area is 121 Å². The molecule has 1 aromatic carbocycles. The number of carbonyl (C=O) groups is 3. The van der Waals surface area contributed by atoms with E-state index in [1.54, 1.807) is 42.5 Å². The molecule has 0 spiro atoms. The number of allylic oxidation sites excluding steroid dienone is 8. The zero-order valence-electron chi connectivity index (χ0n) is 11.0. The molecule has 0 aromatic heterocycles. The molecule has 0 saturated heterocycles. The topological polar surface area (TPSA) is 51.2 Å². The largest absolute Gasteiger partial charge is 0.294 e. The molecule has 3 heteroatoms. The molecule has 3 aliphatic rings. The predicted molar refractivity (Wildman–Crippen MR) is 77.0 cm³/mol.